The summed E-state index contributed by atoms with van der Waals surface area (Å²) in [4.78, 5) is 11.9. The van der Waals surface area contributed by atoms with Gasteiger partial charge in [0.2, 0.25) is 0 Å². The first kappa shape index (κ1) is 17.0. The summed E-state index contributed by atoms with van der Waals surface area (Å²) in [5, 5.41) is 0.0797. The molecule has 0 amide bonds. The fraction of sp³-hybridized carbons (Fsp3) is 0.417. The molecule has 5 nitrogen and oxygen atoms in total. The van der Waals surface area contributed by atoms with Crippen LogP contribution in [0.4, 0.5) is 0 Å². The molecular weight excluding hydrogens is 407 g/mol. The van der Waals surface area contributed by atoms with Crippen molar-refractivity contribution in [2.75, 3.05) is 13.2 Å². The molecule has 0 spiro atoms. The van der Waals surface area contributed by atoms with E-state index in [4.69, 9.17) is 31.8 Å². The molecule has 1 fully saturated rings. The number of halogens is 3. The summed E-state index contributed by atoms with van der Waals surface area (Å²) >= 11 is 9.12. The van der Waals surface area contributed by atoms with Crippen LogP contribution in [0, 0.1) is 0 Å². The average molecular weight is 418 g/mol. The molecule has 0 radical (unpaired) electrons. The lowest BCUT2D eigenvalue weighted by atomic mass is 10.1. The topological polar surface area (TPSA) is 69.7 Å². The Kier molecular flexibility index (Phi) is 5.54. The third-order valence-corrected chi connectivity index (χ3v) is 5.54. The van der Waals surface area contributed by atoms with Crippen molar-refractivity contribution in [1.82, 2.24) is 0 Å². The van der Waals surface area contributed by atoms with Gasteiger partial charge >= 0.3 is 5.97 Å². The standard InChI is InChI=1S/C12H11BrCl2O5S/c13-10-6-8(21(15,17)18)5-9(11(10)14)12(16)20-7-1-3-19-4-2-7/h5-7H,1-4H2. The number of ether oxygens (including phenoxy) is 2. The Morgan fingerprint density at radius 2 is 1.95 bits per heavy atom. The van der Waals surface area contributed by atoms with Gasteiger partial charge in [0.15, 0.2) is 0 Å². The lowest BCUT2D eigenvalue weighted by Gasteiger charge is -2.22. The van der Waals surface area contributed by atoms with E-state index in [-0.39, 0.29) is 26.1 Å². The Balaban J connectivity index is 2.29. The highest BCUT2D eigenvalue weighted by Gasteiger charge is 2.24. The van der Waals surface area contributed by atoms with Crippen LogP contribution in [0.25, 0.3) is 0 Å². The van der Waals surface area contributed by atoms with Crippen LogP contribution >= 0.6 is 38.2 Å². The van der Waals surface area contributed by atoms with E-state index in [0.717, 1.165) is 6.07 Å². The van der Waals surface area contributed by atoms with Crippen LogP contribution < -0.4 is 0 Å². The van der Waals surface area contributed by atoms with E-state index in [1.807, 2.05) is 0 Å². The van der Waals surface area contributed by atoms with Gasteiger partial charge in [-0.05, 0) is 28.1 Å². The zero-order valence-corrected chi connectivity index (χ0v) is 14.6. The molecule has 1 aromatic carbocycles. The van der Waals surface area contributed by atoms with Crippen molar-refractivity contribution in [3.63, 3.8) is 0 Å². The van der Waals surface area contributed by atoms with Gasteiger partial charge in [-0.2, -0.15) is 0 Å². The summed E-state index contributed by atoms with van der Waals surface area (Å²) in [6, 6.07) is 2.34. The Hall–Kier alpha value is -0.340. The van der Waals surface area contributed by atoms with Crippen LogP contribution in [-0.4, -0.2) is 33.7 Å². The molecule has 0 aromatic heterocycles. The molecule has 9 heteroatoms. The lowest BCUT2D eigenvalue weighted by molar-refractivity contribution is -0.0159. The van der Waals surface area contributed by atoms with Crippen molar-refractivity contribution >= 4 is 53.2 Å². The quantitative estimate of drug-likeness (QED) is 0.557. The molecular formula is C12H11BrCl2O5S. The minimum atomic E-state index is -3.98. The van der Waals surface area contributed by atoms with E-state index in [1.54, 1.807) is 0 Å². The van der Waals surface area contributed by atoms with Gasteiger partial charge < -0.3 is 9.47 Å². The maximum Gasteiger partial charge on any atom is 0.340 e. The number of hydrogen-bond acceptors (Lipinski definition) is 5. The summed E-state index contributed by atoms with van der Waals surface area (Å²) < 4.78 is 33.5. The molecule has 0 bridgehead atoms. The van der Waals surface area contributed by atoms with Gasteiger partial charge in [0, 0.05) is 28.0 Å². The second-order valence-corrected chi connectivity index (χ2v) is 8.22. The van der Waals surface area contributed by atoms with Gasteiger partial charge in [-0.3, -0.25) is 0 Å². The molecule has 116 valence electrons. The molecule has 1 aliphatic heterocycles. The van der Waals surface area contributed by atoms with Crippen molar-refractivity contribution in [1.29, 1.82) is 0 Å². The largest absolute Gasteiger partial charge is 0.459 e. The average Bonchev–Trinajstić information content (AvgIpc) is 2.41. The first-order valence-electron chi connectivity index (χ1n) is 6.01. The van der Waals surface area contributed by atoms with E-state index >= 15 is 0 Å². The zero-order valence-electron chi connectivity index (χ0n) is 10.6. The molecule has 0 N–H and O–H groups in total. The number of benzene rings is 1. The molecule has 0 saturated carbocycles. The van der Waals surface area contributed by atoms with Crippen molar-refractivity contribution in [2.24, 2.45) is 0 Å². The second kappa shape index (κ2) is 6.83. The fourth-order valence-electron chi connectivity index (χ4n) is 1.86. The van der Waals surface area contributed by atoms with Crippen LogP contribution in [0.5, 0.6) is 0 Å². The Morgan fingerprint density at radius 1 is 1.33 bits per heavy atom. The Morgan fingerprint density at radius 3 is 2.52 bits per heavy atom. The first-order chi connectivity index (χ1) is 9.79. The molecule has 1 aromatic rings. The van der Waals surface area contributed by atoms with E-state index in [1.165, 1.54) is 6.07 Å². The van der Waals surface area contributed by atoms with Crippen LogP contribution in [0.1, 0.15) is 23.2 Å². The lowest BCUT2D eigenvalue weighted by Crippen LogP contribution is -2.26. The van der Waals surface area contributed by atoms with Crippen LogP contribution in [0.15, 0.2) is 21.5 Å². The van der Waals surface area contributed by atoms with Crippen molar-refractivity contribution in [3.8, 4) is 0 Å². The first-order valence-corrected chi connectivity index (χ1v) is 9.49. The van der Waals surface area contributed by atoms with Crippen molar-refractivity contribution < 1.29 is 22.7 Å². The van der Waals surface area contributed by atoms with Crippen LogP contribution in [-0.2, 0) is 18.5 Å². The van der Waals surface area contributed by atoms with E-state index in [2.05, 4.69) is 15.9 Å². The highest BCUT2D eigenvalue weighted by Crippen LogP contribution is 2.32. The summed E-state index contributed by atoms with van der Waals surface area (Å²) in [6.07, 6.45) is 0.924. The highest BCUT2D eigenvalue weighted by molar-refractivity contribution is 9.10. The monoisotopic (exact) mass is 416 g/mol. The van der Waals surface area contributed by atoms with E-state index in [9.17, 15) is 13.2 Å². The number of hydrogen-bond donors (Lipinski definition) is 0. The predicted octanol–water partition coefficient (Wildman–Crippen LogP) is 3.37. The smallest absolute Gasteiger partial charge is 0.340 e. The molecule has 0 unspecified atom stereocenters. The normalized spacial score (nSPS) is 16.7. The minimum absolute atomic E-state index is 0.0447. The zero-order chi connectivity index (χ0) is 15.6. The van der Waals surface area contributed by atoms with E-state index < -0.39 is 15.0 Å². The summed E-state index contributed by atoms with van der Waals surface area (Å²) in [5.41, 5.74) is -0.0447. The number of rotatable bonds is 3. The van der Waals surface area contributed by atoms with Gasteiger partial charge in [0.05, 0.1) is 28.7 Å². The third-order valence-electron chi connectivity index (χ3n) is 2.95. The minimum Gasteiger partial charge on any atom is -0.459 e. The van der Waals surface area contributed by atoms with Gasteiger partial charge in [0.1, 0.15) is 6.10 Å². The van der Waals surface area contributed by atoms with Gasteiger partial charge in [-0.25, -0.2) is 13.2 Å². The molecule has 0 atom stereocenters. The Labute approximate surface area is 140 Å². The molecule has 21 heavy (non-hydrogen) atoms. The number of carbonyl (C=O) groups excluding carboxylic acids is 1. The summed E-state index contributed by atoms with van der Waals surface area (Å²) in [5.74, 6) is -0.685. The van der Waals surface area contributed by atoms with Gasteiger partial charge in [-0.1, -0.05) is 11.6 Å². The maximum atomic E-state index is 12.2. The SMILES string of the molecule is O=C(OC1CCOCC1)c1cc(S(=O)(=O)Cl)cc(Br)c1Cl. The molecule has 0 aliphatic carbocycles. The second-order valence-electron chi connectivity index (χ2n) is 4.42. The van der Waals surface area contributed by atoms with Gasteiger partial charge in [-0.15, -0.1) is 0 Å². The van der Waals surface area contributed by atoms with Crippen molar-refractivity contribution in [2.45, 2.75) is 23.8 Å². The molecule has 2 rings (SSSR count). The Bertz CT molecular complexity index is 656. The highest BCUT2D eigenvalue weighted by atomic mass is 79.9. The molecule has 1 heterocycles. The molecule has 1 aliphatic rings. The van der Waals surface area contributed by atoms with Gasteiger partial charge in [0.25, 0.3) is 9.05 Å². The third kappa shape index (κ3) is 4.32. The van der Waals surface area contributed by atoms with Crippen LogP contribution in [0.2, 0.25) is 5.02 Å². The number of esters is 1. The molecule has 1 saturated heterocycles. The van der Waals surface area contributed by atoms with Crippen LogP contribution in [0.3, 0.4) is 0 Å². The maximum absolute atomic E-state index is 12.2. The summed E-state index contributed by atoms with van der Waals surface area (Å²) in [6.45, 7) is 1.04. The van der Waals surface area contributed by atoms with Crippen molar-refractivity contribution in [3.05, 3.63) is 27.2 Å². The predicted molar refractivity (Wildman–Crippen MR) is 81.4 cm³/mol. The van der Waals surface area contributed by atoms with E-state index in [0.29, 0.717) is 26.1 Å². The summed E-state index contributed by atoms with van der Waals surface area (Å²) in [7, 11) is 1.32. The number of carbonyl (C=O) groups is 1. The fourth-order valence-corrected chi connectivity index (χ4v) is 3.44.